The molecule has 0 amide bonds. The SMILES string of the molecule is C=C1NC(/C=N/Nc2ncc(F)c(N3CCOCC3)n2)CCC1Nc1cccc(C(F)(F)F)c1. The van der Waals surface area contributed by atoms with E-state index in [0.717, 1.165) is 18.3 Å². The summed E-state index contributed by atoms with van der Waals surface area (Å²) >= 11 is 0. The van der Waals surface area contributed by atoms with Crippen molar-refractivity contribution in [3.05, 3.63) is 54.1 Å². The number of halogens is 4. The first-order chi connectivity index (χ1) is 16.3. The van der Waals surface area contributed by atoms with E-state index in [4.69, 9.17) is 4.74 Å². The molecule has 0 saturated carbocycles. The highest BCUT2D eigenvalue weighted by molar-refractivity contribution is 5.66. The summed E-state index contributed by atoms with van der Waals surface area (Å²) in [6, 6.07) is 4.71. The van der Waals surface area contributed by atoms with Crippen LogP contribution < -0.4 is 21.0 Å². The predicted molar refractivity (Wildman–Crippen MR) is 121 cm³/mol. The van der Waals surface area contributed by atoms with Crippen molar-refractivity contribution in [2.75, 3.05) is 41.9 Å². The average molecular weight is 479 g/mol. The molecule has 0 bridgehead atoms. The molecule has 0 radical (unpaired) electrons. The van der Waals surface area contributed by atoms with Crippen molar-refractivity contribution >= 4 is 23.7 Å². The lowest BCUT2D eigenvalue weighted by Crippen LogP contribution is -2.43. The largest absolute Gasteiger partial charge is 0.416 e. The summed E-state index contributed by atoms with van der Waals surface area (Å²) in [5.41, 5.74) is 3.03. The number of rotatable bonds is 6. The lowest BCUT2D eigenvalue weighted by Gasteiger charge is -2.32. The molecular formula is C22H25F4N7O. The van der Waals surface area contributed by atoms with E-state index < -0.39 is 17.6 Å². The van der Waals surface area contributed by atoms with Gasteiger partial charge in [-0.1, -0.05) is 12.6 Å². The van der Waals surface area contributed by atoms with Gasteiger partial charge in [0.2, 0.25) is 5.95 Å². The highest BCUT2D eigenvalue weighted by atomic mass is 19.4. The van der Waals surface area contributed by atoms with Crippen molar-refractivity contribution in [1.82, 2.24) is 15.3 Å². The van der Waals surface area contributed by atoms with Gasteiger partial charge in [0, 0.05) is 30.7 Å². The molecule has 1 aromatic carbocycles. The number of piperidine rings is 1. The van der Waals surface area contributed by atoms with Crippen molar-refractivity contribution in [1.29, 1.82) is 0 Å². The van der Waals surface area contributed by atoms with Gasteiger partial charge in [-0.3, -0.25) is 0 Å². The smallest absolute Gasteiger partial charge is 0.379 e. The van der Waals surface area contributed by atoms with Crippen molar-refractivity contribution in [2.24, 2.45) is 5.10 Å². The number of alkyl halides is 3. The molecule has 4 rings (SSSR count). The third-order valence-corrected chi connectivity index (χ3v) is 5.54. The van der Waals surface area contributed by atoms with E-state index in [0.29, 0.717) is 50.5 Å². The maximum atomic E-state index is 14.1. The Kier molecular flexibility index (Phi) is 7.15. The molecule has 3 N–H and O–H groups in total. The Morgan fingerprint density at radius 1 is 1.24 bits per heavy atom. The highest BCUT2D eigenvalue weighted by Crippen LogP contribution is 2.31. The van der Waals surface area contributed by atoms with Gasteiger partial charge in [0.1, 0.15) is 0 Å². The molecule has 1 aromatic heterocycles. The second-order valence-corrected chi connectivity index (χ2v) is 7.98. The Hall–Kier alpha value is -3.41. The molecular weight excluding hydrogens is 454 g/mol. The van der Waals surface area contributed by atoms with E-state index in [1.54, 1.807) is 17.2 Å². The summed E-state index contributed by atoms with van der Waals surface area (Å²) in [5.74, 6) is -0.150. The predicted octanol–water partition coefficient (Wildman–Crippen LogP) is 3.62. The first kappa shape index (κ1) is 23.7. The van der Waals surface area contributed by atoms with Crippen LogP contribution >= 0.6 is 0 Å². The summed E-state index contributed by atoms with van der Waals surface area (Å²) < 4.78 is 58.2. The van der Waals surface area contributed by atoms with Crippen LogP contribution in [0.2, 0.25) is 0 Å². The zero-order valence-electron chi connectivity index (χ0n) is 18.3. The normalized spacial score (nSPS) is 21.4. The fourth-order valence-corrected chi connectivity index (χ4v) is 3.78. The van der Waals surface area contributed by atoms with E-state index >= 15 is 0 Å². The molecule has 8 nitrogen and oxygen atoms in total. The van der Waals surface area contributed by atoms with Gasteiger partial charge in [-0.2, -0.15) is 23.3 Å². The molecule has 34 heavy (non-hydrogen) atoms. The van der Waals surface area contributed by atoms with Gasteiger partial charge >= 0.3 is 6.18 Å². The Bertz CT molecular complexity index is 1040. The van der Waals surface area contributed by atoms with Gasteiger partial charge in [0.05, 0.1) is 37.1 Å². The Labute approximate surface area is 194 Å². The van der Waals surface area contributed by atoms with Crippen LogP contribution in [0.5, 0.6) is 0 Å². The maximum Gasteiger partial charge on any atom is 0.416 e. The molecule has 12 heteroatoms. The van der Waals surface area contributed by atoms with Crippen molar-refractivity contribution in [2.45, 2.75) is 31.1 Å². The first-order valence-corrected chi connectivity index (χ1v) is 10.8. The molecule has 2 aromatic rings. The van der Waals surface area contributed by atoms with Crippen LogP contribution in [0.4, 0.5) is 35.0 Å². The number of nitrogens with zero attached hydrogens (tertiary/aromatic N) is 4. The first-order valence-electron chi connectivity index (χ1n) is 10.8. The molecule has 2 aliphatic heterocycles. The summed E-state index contributed by atoms with van der Waals surface area (Å²) in [7, 11) is 0. The second kappa shape index (κ2) is 10.2. The lowest BCUT2D eigenvalue weighted by molar-refractivity contribution is -0.137. The van der Waals surface area contributed by atoms with Crippen molar-refractivity contribution in [3.8, 4) is 0 Å². The fraction of sp³-hybridized carbons (Fsp3) is 0.409. The van der Waals surface area contributed by atoms with Gasteiger partial charge in [-0.25, -0.2) is 14.8 Å². The fourth-order valence-electron chi connectivity index (χ4n) is 3.78. The lowest BCUT2D eigenvalue weighted by atomic mass is 9.98. The molecule has 2 aliphatic rings. The minimum absolute atomic E-state index is 0.140. The molecule has 2 saturated heterocycles. The monoisotopic (exact) mass is 479 g/mol. The van der Waals surface area contributed by atoms with Gasteiger partial charge in [0.15, 0.2) is 11.6 Å². The third kappa shape index (κ3) is 5.93. The number of morpholine rings is 1. The van der Waals surface area contributed by atoms with Crippen LogP contribution in [0.25, 0.3) is 0 Å². The number of hydrazone groups is 1. The summed E-state index contributed by atoms with van der Waals surface area (Å²) in [6.45, 7) is 6.09. The van der Waals surface area contributed by atoms with Crippen molar-refractivity contribution in [3.63, 3.8) is 0 Å². The van der Waals surface area contributed by atoms with E-state index in [1.807, 2.05) is 0 Å². The minimum Gasteiger partial charge on any atom is -0.379 e. The van der Waals surface area contributed by atoms with E-state index in [1.165, 1.54) is 6.07 Å². The molecule has 0 aliphatic carbocycles. The number of benzene rings is 1. The van der Waals surface area contributed by atoms with Crippen LogP contribution in [0.15, 0.2) is 47.8 Å². The summed E-state index contributed by atoms with van der Waals surface area (Å²) in [6.07, 6.45) is -0.352. The minimum atomic E-state index is -4.40. The molecule has 3 heterocycles. The molecule has 182 valence electrons. The van der Waals surface area contributed by atoms with Gasteiger partial charge < -0.3 is 20.3 Å². The Morgan fingerprint density at radius 2 is 2.03 bits per heavy atom. The number of ether oxygens (including phenoxy) is 1. The topological polar surface area (TPSA) is 86.7 Å². The van der Waals surface area contributed by atoms with Crippen LogP contribution in [-0.4, -0.2) is 54.6 Å². The molecule has 2 fully saturated rings. The van der Waals surface area contributed by atoms with Crippen LogP contribution in [0.1, 0.15) is 18.4 Å². The van der Waals surface area contributed by atoms with Gasteiger partial charge in [-0.05, 0) is 31.0 Å². The number of aromatic nitrogens is 2. The number of hydrogen-bond donors (Lipinski definition) is 3. The standard InChI is InChI=1S/C22H25F4N7O/c1-14-19(30-16-4-2-3-15(11-16)22(24,25)26)6-5-17(29-14)12-28-32-21-27-13-18(23)20(31-21)33-7-9-34-10-8-33/h2-4,11-13,17,19,29-30H,1,5-10H2,(H,27,31,32)/b28-12+. The van der Waals surface area contributed by atoms with E-state index in [-0.39, 0.29) is 23.8 Å². The molecule has 0 spiro atoms. The number of nitrogens with one attached hydrogen (secondary N) is 3. The number of anilines is 3. The maximum absolute atomic E-state index is 14.1. The summed E-state index contributed by atoms with van der Waals surface area (Å²) in [5, 5.41) is 10.4. The van der Waals surface area contributed by atoms with Crippen LogP contribution in [0, 0.1) is 5.82 Å². The molecule has 2 atom stereocenters. The quantitative estimate of drug-likeness (QED) is 0.332. The average Bonchev–Trinajstić information content (AvgIpc) is 2.82. The summed E-state index contributed by atoms with van der Waals surface area (Å²) in [4.78, 5) is 9.92. The van der Waals surface area contributed by atoms with Crippen molar-refractivity contribution < 1.29 is 22.3 Å². The van der Waals surface area contributed by atoms with Gasteiger partial charge in [0.25, 0.3) is 0 Å². The Balaban J connectivity index is 1.30. The highest BCUT2D eigenvalue weighted by Gasteiger charge is 2.31. The Morgan fingerprint density at radius 3 is 2.76 bits per heavy atom. The number of hydrogen-bond acceptors (Lipinski definition) is 8. The third-order valence-electron chi connectivity index (χ3n) is 5.54. The second-order valence-electron chi connectivity index (χ2n) is 7.98. The molecule has 2 unspecified atom stereocenters. The van der Waals surface area contributed by atoms with E-state index in [2.05, 4.69) is 37.7 Å². The zero-order valence-corrected chi connectivity index (χ0v) is 18.3. The zero-order chi connectivity index (χ0) is 24.1. The van der Waals surface area contributed by atoms with Gasteiger partial charge in [-0.15, -0.1) is 0 Å². The van der Waals surface area contributed by atoms with E-state index in [9.17, 15) is 17.6 Å². The van der Waals surface area contributed by atoms with Crippen LogP contribution in [0.3, 0.4) is 0 Å². The van der Waals surface area contributed by atoms with Crippen LogP contribution in [-0.2, 0) is 10.9 Å².